The summed E-state index contributed by atoms with van der Waals surface area (Å²) in [5.74, 6) is 5.30. The first-order valence-electron chi connectivity index (χ1n) is 3.20. The van der Waals surface area contributed by atoms with Crippen molar-refractivity contribution < 1.29 is 0 Å². The molecule has 3 nitrogen and oxygen atoms in total. The minimum absolute atomic E-state index is 0.935. The highest BCUT2D eigenvalue weighted by Crippen LogP contribution is 2.25. The van der Waals surface area contributed by atoms with Crippen molar-refractivity contribution in [2.24, 2.45) is 5.84 Å². The maximum absolute atomic E-state index is 5.30. The van der Waals surface area contributed by atoms with Gasteiger partial charge < -0.3 is 5.43 Å². The molecule has 0 spiro atoms. The molecule has 0 radical (unpaired) electrons. The third-order valence-electron chi connectivity index (χ3n) is 1.50. The molecule has 0 aliphatic carbocycles. The van der Waals surface area contributed by atoms with E-state index in [1.54, 1.807) is 17.5 Å². The molecule has 0 amide bonds. The van der Waals surface area contributed by atoms with Crippen LogP contribution in [0, 0.1) is 0 Å². The van der Waals surface area contributed by atoms with Crippen LogP contribution in [0.2, 0.25) is 0 Å². The molecule has 0 saturated carbocycles. The molecule has 3 N–H and O–H groups in total. The molecular formula is C7H7N3S. The Morgan fingerprint density at radius 1 is 1.45 bits per heavy atom. The van der Waals surface area contributed by atoms with Crippen molar-refractivity contribution in [3.63, 3.8) is 0 Å². The van der Waals surface area contributed by atoms with E-state index < -0.39 is 0 Å². The highest BCUT2D eigenvalue weighted by molar-refractivity contribution is 7.17. The van der Waals surface area contributed by atoms with Crippen molar-refractivity contribution in [1.29, 1.82) is 0 Å². The highest BCUT2D eigenvalue weighted by Gasteiger charge is 1.99. The third-order valence-corrected chi connectivity index (χ3v) is 2.44. The van der Waals surface area contributed by atoms with Crippen LogP contribution in [0.4, 0.5) is 5.69 Å². The van der Waals surface area contributed by atoms with Crippen LogP contribution in [0.3, 0.4) is 0 Å². The Hall–Kier alpha value is -1.13. The standard InChI is InChI=1S/C7H7N3S/c8-10-6-1-3-9-5-2-4-11-7(5)6/h1-4H,8H2,(H,9,10). The first kappa shape index (κ1) is 6.57. The number of thiophene rings is 1. The van der Waals surface area contributed by atoms with Crippen molar-refractivity contribution in [2.75, 3.05) is 5.43 Å². The SMILES string of the molecule is NNc1ccnc2ccsc12. The van der Waals surface area contributed by atoms with E-state index in [9.17, 15) is 0 Å². The van der Waals surface area contributed by atoms with Gasteiger partial charge in [0.15, 0.2) is 0 Å². The van der Waals surface area contributed by atoms with Crippen LogP contribution in [-0.2, 0) is 0 Å². The lowest BCUT2D eigenvalue weighted by molar-refractivity contribution is 1.34. The second kappa shape index (κ2) is 2.48. The van der Waals surface area contributed by atoms with Crippen LogP contribution in [0.15, 0.2) is 23.7 Å². The Balaban J connectivity index is 2.79. The van der Waals surface area contributed by atoms with Crippen molar-refractivity contribution in [3.8, 4) is 0 Å². The van der Waals surface area contributed by atoms with E-state index in [4.69, 9.17) is 5.84 Å². The minimum atomic E-state index is 0.935. The van der Waals surface area contributed by atoms with Gasteiger partial charge in [-0.25, -0.2) is 0 Å². The fraction of sp³-hybridized carbons (Fsp3) is 0. The molecule has 11 heavy (non-hydrogen) atoms. The van der Waals surface area contributed by atoms with E-state index >= 15 is 0 Å². The van der Waals surface area contributed by atoms with E-state index in [2.05, 4.69) is 10.4 Å². The molecule has 4 heteroatoms. The minimum Gasteiger partial charge on any atom is -0.323 e. The molecule has 0 aliphatic heterocycles. The maximum atomic E-state index is 5.30. The van der Waals surface area contributed by atoms with Crippen LogP contribution >= 0.6 is 11.3 Å². The molecule has 0 atom stereocenters. The van der Waals surface area contributed by atoms with E-state index in [1.165, 1.54) is 0 Å². The topological polar surface area (TPSA) is 50.9 Å². The molecule has 0 unspecified atom stereocenters. The fourth-order valence-electron chi connectivity index (χ4n) is 0.987. The third kappa shape index (κ3) is 0.961. The molecule has 2 heterocycles. The molecule has 2 aromatic rings. The first-order valence-corrected chi connectivity index (χ1v) is 4.08. The maximum Gasteiger partial charge on any atom is 0.0831 e. The number of hydrogen-bond donors (Lipinski definition) is 2. The molecule has 2 aromatic heterocycles. The van der Waals surface area contributed by atoms with Gasteiger partial charge in [0.2, 0.25) is 0 Å². The summed E-state index contributed by atoms with van der Waals surface area (Å²) in [6.45, 7) is 0. The number of rotatable bonds is 1. The van der Waals surface area contributed by atoms with Gasteiger partial charge in [-0.3, -0.25) is 10.8 Å². The summed E-state index contributed by atoms with van der Waals surface area (Å²) in [7, 11) is 0. The lowest BCUT2D eigenvalue weighted by Gasteiger charge is -1.98. The Morgan fingerprint density at radius 3 is 3.18 bits per heavy atom. The summed E-state index contributed by atoms with van der Waals surface area (Å²) >= 11 is 1.63. The van der Waals surface area contributed by atoms with Crippen LogP contribution in [0.5, 0.6) is 0 Å². The van der Waals surface area contributed by atoms with Gasteiger partial charge in [0.25, 0.3) is 0 Å². The Bertz CT molecular complexity index is 368. The molecule has 0 saturated heterocycles. The van der Waals surface area contributed by atoms with Crippen LogP contribution in [0.25, 0.3) is 10.2 Å². The number of anilines is 1. The number of nitrogen functional groups attached to an aromatic ring is 1. The predicted molar refractivity (Wildman–Crippen MR) is 47.4 cm³/mol. The van der Waals surface area contributed by atoms with Crippen LogP contribution in [-0.4, -0.2) is 4.98 Å². The summed E-state index contributed by atoms with van der Waals surface area (Å²) in [5.41, 5.74) is 4.55. The van der Waals surface area contributed by atoms with E-state index in [-0.39, 0.29) is 0 Å². The fourth-order valence-corrected chi connectivity index (χ4v) is 1.82. The number of aromatic nitrogens is 1. The van der Waals surface area contributed by atoms with Gasteiger partial charge >= 0.3 is 0 Å². The molecular weight excluding hydrogens is 158 g/mol. The van der Waals surface area contributed by atoms with Gasteiger partial charge in [-0.15, -0.1) is 11.3 Å². The molecule has 0 aliphatic rings. The van der Waals surface area contributed by atoms with Crippen molar-refractivity contribution in [2.45, 2.75) is 0 Å². The summed E-state index contributed by atoms with van der Waals surface area (Å²) in [6.07, 6.45) is 1.74. The largest absolute Gasteiger partial charge is 0.323 e. The summed E-state index contributed by atoms with van der Waals surface area (Å²) < 4.78 is 1.11. The number of hydrogen-bond acceptors (Lipinski definition) is 4. The van der Waals surface area contributed by atoms with Gasteiger partial charge in [0.05, 0.1) is 15.9 Å². The lowest BCUT2D eigenvalue weighted by Crippen LogP contribution is -2.06. The Morgan fingerprint density at radius 2 is 2.36 bits per heavy atom. The molecule has 0 fully saturated rings. The van der Waals surface area contributed by atoms with Gasteiger partial charge in [-0.1, -0.05) is 0 Å². The molecule has 56 valence electrons. The number of nitrogens with two attached hydrogens (primary N) is 1. The monoisotopic (exact) mass is 165 g/mol. The zero-order valence-corrected chi connectivity index (χ0v) is 6.56. The van der Waals surface area contributed by atoms with Gasteiger partial charge in [0, 0.05) is 6.20 Å². The average molecular weight is 165 g/mol. The van der Waals surface area contributed by atoms with E-state index in [1.807, 2.05) is 17.5 Å². The average Bonchev–Trinajstić information content (AvgIpc) is 2.50. The highest BCUT2D eigenvalue weighted by atomic mass is 32.1. The second-order valence-electron chi connectivity index (χ2n) is 2.14. The second-order valence-corrected chi connectivity index (χ2v) is 3.05. The quantitative estimate of drug-likeness (QED) is 0.498. The van der Waals surface area contributed by atoms with Gasteiger partial charge in [-0.2, -0.15) is 0 Å². The van der Waals surface area contributed by atoms with Crippen LogP contribution in [0.1, 0.15) is 0 Å². The molecule has 2 rings (SSSR count). The number of nitrogens with zero attached hydrogens (tertiary/aromatic N) is 1. The zero-order chi connectivity index (χ0) is 7.68. The summed E-state index contributed by atoms with van der Waals surface area (Å²) in [6, 6.07) is 3.83. The Kier molecular flexibility index (Phi) is 1.48. The van der Waals surface area contributed by atoms with Crippen molar-refractivity contribution >= 4 is 27.2 Å². The van der Waals surface area contributed by atoms with Crippen molar-refractivity contribution in [3.05, 3.63) is 23.7 Å². The molecule has 0 aromatic carbocycles. The first-order chi connectivity index (χ1) is 5.42. The van der Waals surface area contributed by atoms with Crippen LogP contribution < -0.4 is 11.3 Å². The number of nitrogens with one attached hydrogen (secondary N) is 1. The summed E-state index contributed by atoms with van der Waals surface area (Å²) in [4.78, 5) is 4.16. The van der Waals surface area contributed by atoms with Crippen molar-refractivity contribution in [1.82, 2.24) is 4.98 Å². The van der Waals surface area contributed by atoms with Gasteiger partial charge in [-0.05, 0) is 17.5 Å². The van der Waals surface area contributed by atoms with E-state index in [0.717, 1.165) is 15.9 Å². The normalized spacial score (nSPS) is 10.3. The number of fused-ring (bicyclic) bond motifs is 1. The summed E-state index contributed by atoms with van der Waals surface area (Å²) in [5, 5.41) is 2.00. The number of hydrazine groups is 1. The Labute approximate surface area is 67.8 Å². The van der Waals surface area contributed by atoms with Gasteiger partial charge in [0.1, 0.15) is 0 Å². The smallest absolute Gasteiger partial charge is 0.0831 e. The van der Waals surface area contributed by atoms with E-state index in [0.29, 0.717) is 0 Å². The number of pyridine rings is 1. The molecule has 0 bridgehead atoms. The lowest BCUT2D eigenvalue weighted by atomic mass is 10.3. The zero-order valence-electron chi connectivity index (χ0n) is 5.74. The predicted octanol–water partition coefficient (Wildman–Crippen LogP) is 1.58.